The molecule has 152 valence electrons. The average Bonchev–Trinajstić information content (AvgIpc) is 3.19. The topological polar surface area (TPSA) is 80.9 Å². The minimum Gasteiger partial charge on any atom is -0.495 e. The molecule has 0 aliphatic carbocycles. The molecule has 29 heavy (non-hydrogen) atoms. The molecule has 1 aromatic heterocycles. The number of carbonyl (C=O) groups is 1. The van der Waals surface area contributed by atoms with E-state index in [9.17, 15) is 4.79 Å². The summed E-state index contributed by atoms with van der Waals surface area (Å²) in [4.78, 5) is 12.6. The lowest BCUT2D eigenvalue weighted by molar-refractivity contribution is -0.122. The predicted octanol–water partition coefficient (Wildman–Crippen LogP) is 5.16. The fourth-order valence-electron chi connectivity index (χ4n) is 2.63. The van der Waals surface area contributed by atoms with E-state index in [1.165, 1.54) is 7.11 Å². The van der Waals surface area contributed by atoms with E-state index in [0.717, 1.165) is 5.56 Å². The maximum absolute atomic E-state index is 12.6. The van der Waals surface area contributed by atoms with E-state index in [1.807, 2.05) is 0 Å². The molecule has 0 aliphatic rings. The Morgan fingerprint density at radius 2 is 1.90 bits per heavy atom. The molecular formula is C21H19Cl2NO5. The van der Waals surface area contributed by atoms with Gasteiger partial charge in [-0.05, 0) is 55.5 Å². The van der Waals surface area contributed by atoms with Crippen molar-refractivity contribution in [3.8, 4) is 22.8 Å². The molecule has 2 aromatic carbocycles. The standard InChI is InChI=1S/C21H19Cl2NO5/c1-12(28-19-7-4-14(22)10-16(19)23)21(26)24-17-9-13(3-6-20(17)27-2)18-8-5-15(11-25)29-18/h3-10,12,25H,11H2,1-2H3,(H,24,26). The Bertz CT molecular complexity index is 1020. The van der Waals surface area contributed by atoms with E-state index < -0.39 is 6.10 Å². The molecule has 1 atom stereocenters. The van der Waals surface area contributed by atoms with Crippen LogP contribution in [0.3, 0.4) is 0 Å². The number of halogens is 2. The summed E-state index contributed by atoms with van der Waals surface area (Å²) >= 11 is 12.0. The molecule has 0 fully saturated rings. The van der Waals surface area contributed by atoms with Crippen molar-refractivity contribution < 1.29 is 23.8 Å². The Kier molecular flexibility index (Phi) is 6.69. The Morgan fingerprint density at radius 3 is 2.55 bits per heavy atom. The molecule has 0 aliphatic heterocycles. The summed E-state index contributed by atoms with van der Waals surface area (Å²) in [6, 6.07) is 13.4. The molecule has 0 spiro atoms. The summed E-state index contributed by atoms with van der Waals surface area (Å²) in [5, 5.41) is 12.8. The van der Waals surface area contributed by atoms with E-state index in [1.54, 1.807) is 55.5 Å². The number of benzene rings is 2. The first-order chi connectivity index (χ1) is 13.9. The van der Waals surface area contributed by atoms with Crippen molar-refractivity contribution in [2.24, 2.45) is 0 Å². The zero-order valence-corrected chi connectivity index (χ0v) is 17.3. The molecule has 1 amide bonds. The number of hydrogen-bond donors (Lipinski definition) is 2. The number of aliphatic hydroxyl groups is 1. The molecule has 2 N–H and O–H groups in total. The van der Waals surface area contributed by atoms with Gasteiger partial charge in [-0.1, -0.05) is 23.2 Å². The van der Waals surface area contributed by atoms with Crippen molar-refractivity contribution in [2.45, 2.75) is 19.6 Å². The van der Waals surface area contributed by atoms with E-state index >= 15 is 0 Å². The number of nitrogens with one attached hydrogen (secondary N) is 1. The number of anilines is 1. The van der Waals surface area contributed by atoms with Gasteiger partial charge in [0, 0.05) is 10.6 Å². The number of hydrogen-bond acceptors (Lipinski definition) is 5. The van der Waals surface area contributed by atoms with Crippen LogP contribution in [0.1, 0.15) is 12.7 Å². The molecule has 0 saturated heterocycles. The monoisotopic (exact) mass is 435 g/mol. The molecule has 3 rings (SSSR count). The lowest BCUT2D eigenvalue weighted by atomic mass is 10.1. The van der Waals surface area contributed by atoms with Crippen LogP contribution in [-0.4, -0.2) is 24.2 Å². The van der Waals surface area contributed by atoms with Crippen molar-refractivity contribution in [3.63, 3.8) is 0 Å². The van der Waals surface area contributed by atoms with Crippen LogP contribution in [0, 0.1) is 0 Å². The number of aliphatic hydroxyl groups excluding tert-OH is 1. The van der Waals surface area contributed by atoms with Crippen LogP contribution in [-0.2, 0) is 11.4 Å². The molecule has 0 saturated carbocycles. The van der Waals surface area contributed by atoms with Crippen molar-refractivity contribution in [1.82, 2.24) is 0 Å². The third-order valence-electron chi connectivity index (χ3n) is 4.13. The van der Waals surface area contributed by atoms with Gasteiger partial charge in [-0.2, -0.15) is 0 Å². The van der Waals surface area contributed by atoms with Gasteiger partial charge in [0.05, 0.1) is 17.8 Å². The number of furan rings is 1. The second-order valence-electron chi connectivity index (χ2n) is 6.16. The van der Waals surface area contributed by atoms with Crippen LogP contribution in [0.15, 0.2) is 52.9 Å². The highest BCUT2D eigenvalue weighted by molar-refractivity contribution is 6.35. The van der Waals surface area contributed by atoms with E-state index in [0.29, 0.717) is 38.8 Å². The lowest BCUT2D eigenvalue weighted by Crippen LogP contribution is -2.30. The van der Waals surface area contributed by atoms with Gasteiger partial charge in [0.15, 0.2) is 6.10 Å². The maximum Gasteiger partial charge on any atom is 0.265 e. The first-order valence-electron chi connectivity index (χ1n) is 8.72. The number of amides is 1. The molecule has 6 nitrogen and oxygen atoms in total. The largest absolute Gasteiger partial charge is 0.495 e. The maximum atomic E-state index is 12.6. The van der Waals surface area contributed by atoms with Crippen molar-refractivity contribution in [3.05, 3.63) is 64.3 Å². The third-order valence-corrected chi connectivity index (χ3v) is 4.66. The summed E-state index contributed by atoms with van der Waals surface area (Å²) in [5.74, 6) is 1.45. The molecule has 0 radical (unpaired) electrons. The third kappa shape index (κ3) is 5.03. The van der Waals surface area contributed by atoms with E-state index in [2.05, 4.69) is 5.32 Å². The van der Waals surface area contributed by atoms with Crippen LogP contribution in [0.25, 0.3) is 11.3 Å². The summed E-state index contributed by atoms with van der Waals surface area (Å²) in [7, 11) is 1.51. The fourth-order valence-corrected chi connectivity index (χ4v) is 3.08. The van der Waals surface area contributed by atoms with Gasteiger partial charge >= 0.3 is 0 Å². The molecular weight excluding hydrogens is 417 g/mol. The Balaban J connectivity index is 1.78. The summed E-state index contributed by atoms with van der Waals surface area (Å²) in [6.07, 6.45) is -0.827. The van der Waals surface area contributed by atoms with Gasteiger partial charge in [-0.25, -0.2) is 0 Å². The molecule has 1 unspecified atom stereocenters. The normalized spacial score (nSPS) is 11.8. The van der Waals surface area contributed by atoms with Crippen molar-refractivity contribution >= 4 is 34.8 Å². The van der Waals surface area contributed by atoms with E-state index in [4.69, 9.17) is 42.2 Å². The second kappa shape index (κ2) is 9.22. The Labute approximate surface area is 178 Å². The quantitative estimate of drug-likeness (QED) is 0.535. The Hall–Kier alpha value is -2.67. The zero-order valence-electron chi connectivity index (χ0n) is 15.7. The van der Waals surface area contributed by atoms with Crippen LogP contribution >= 0.6 is 23.2 Å². The smallest absolute Gasteiger partial charge is 0.265 e. The van der Waals surface area contributed by atoms with Gasteiger partial charge in [0.1, 0.15) is 29.6 Å². The van der Waals surface area contributed by atoms with Crippen LogP contribution in [0.5, 0.6) is 11.5 Å². The minimum absolute atomic E-state index is 0.193. The molecule has 0 bridgehead atoms. The number of carbonyl (C=O) groups excluding carboxylic acids is 1. The molecule has 3 aromatic rings. The number of ether oxygens (including phenoxy) is 2. The highest BCUT2D eigenvalue weighted by Gasteiger charge is 2.19. The Morgan fingerprint density at radius 1 is 1.14 bits per heavy atom. The van der Waals surface area contributed by atoms with Crippen LogP contribution < -0.4 is 14.8 Å². The summed E-state index contributed by atoms with van der Waals surface area (Å²) in [5.41, 5.74) is 1.17. The SMILES string of the molecule is COc1ccc(-c2ccc(CO)o2)cc1NC(=O)C(C)Oc1ccc(Cl)cc1Cl. The summed E-state index contributed by atoms with van der Waals surface area (Å²) in [6.45, 7) is 1.42. The zero-order chi connectivity index (χ0) is 21.0. The van der Waals surface area contributed by atoms with Gasteiger partial charge in [-0.3, -0.25) is 4.79 Å². The number of rotatable bonds is 7. The highest BCUT2D eigenvalue weighted by atomic mass is 35.5. The highest BCUT2D eigenvalue weighted by Crippen LogP contribution is 2.32. The fraction of sp³-hybridized carbons (Fsp3) is 0.190. The first-order valence-corrected chi connectivity index (χ1v) is 9.47. The first kappa shape index (κ1) is 21.0. The van der Waals surface area contributed by atoms with Gasteiger partial charge in [0.25, 0.3) is 5.91 Å². The second-order valence-corrected chi connectivity index (χ2v) is 7.01. The van der Waals surface area contributed by atoms with E-state index in [-0.39, 0.29) is 12.5 Å². The average molecular weight is 436 g/mol. The van der Waals surface area contributed by atoms with Crippen LogP contribution in [0.2, 0.25) is 10.0 Å². The molecule has 1 heterocycles. The van der Waals surface area contributed by atoms with Crippen LogP contribution in [0.4, 0.5) is 5.69 Å². The lowest BCUT2D eigenvalue weighted by Gasteiger charge is -2.17. The minimum atomic E-state index is -0.827. The van der Waals surface area contributed by atoms with Crippen molar-refractivity contribution in [2.75, 3.05) is 12.4 Å². The molecule has 8 heteroatoms. The van der Waals surface area contributed by atoms with Gasteiger partial charge in [-0.15, -0.1) is 0 Å². The van der Waals surface area contributed by atoms with Crippen molar-refractivity contribution in [1.29, 1.82) is 0 Å². The predicted molar refractivity (Wildman–Crippen MR) is 112 cm³/mol. The summed E-state index contributed by atoms with van der Waals surface area (Å²) < 4.78 is 16.5. The van der Waals surface area contributed by atoms with Gasteiger partial charge < -0.3 is 24.3 Å². The van der Waals surface area contributed by atoms with Gasteiger partial charge in [0.2, 0.25) is 0 Å². The number of methoxy groups -OCH3 is 1.